The SMILES string of the molecule is COc1cc(C=CC(=O)c2ccc(OC(F)F)cc2)ccc1OCC#N. The van der Waals surface area contributed by atoms with Gasteiger partial charge < -0.3 is 14.2 Å². The first-order valence-corrected chi connectivity index (χ1v) is 7.48. The van der Waals surface area contributed by atoms with Gasteiger partial charge in [-0.25, -0.2) is 0 Å². The maximum atomic E-state index is 12.1. The fourth-order valence-corrected chi connectivity index (χ4v) is 2.09. The Morgan fingerprint density at radius 1 is 1.19 bits per heavy atom. The molecule has 0 aliphatic carbocycles. The van der Waals surface area contributed by atoms with Crippen LogP contribution in [0.1, 0.15) is 15.9 Å². The van der Waals surface area contributed by atoms with Gasteiger partial charge in [0.05, 0.1) is 7.11 Å². The molecule has 0 heterocycles. The molecule has 2 aromatic rings. The molecule has 0 fully saturated rings. The van der Waals surface area contributed by atoms with Gasteiger partial charge >= 0.3 is 6.61 Å². The molecule has 0 aliphatic rings. The minimum Gasteiger partial charge on any atom is -0.493 e. The minimum absolute atomic E-state index is 0.0155. The van der Waals surface area contributed by atoms with Crippen molar-refractivity contribution in [3.8, 4) is 23.3 Å². The van der Waals surface area contributed by atoms with E-state index in [-0.39, 0.29) is 18.1 Å². The topological polar surface area (TPSA) is 68.6 Å². The average Bonchev–Trinajstić information content (AvgIpc) is 2.64. The zero-order chi connectivity index (χ0) is 18.9. The van der Waals surface area contributed by atoms with E-state index in [0.717, 1.165) is 0 Å². The average molecular weight is 359 g/mol. The third-order valence-corrected chi connectivity index (χ3v) is 3.27. The molecule has 0 amide bonds. The van der Waals surface area contributed by atoms with Crippen molar-refractivity contribution in [1.82, 2.24) is 0 Å². The van der Waals surface area contributed by atoms with Crippen molar-refractivity contribution >= 4 is 11.9 Å². The lowest BCUT2D eigenvalue weighted by Crippen LogP contribution is -2.02. The van der Waals surface area contributed by atoms with Crippen LogP contribution in [0.3, 0.4) is 0 Å². The number of hydrogen-bond donors (Lipinski definition) is 0. The van der Waals surface area contributed by atoms with Crippen LogP contribution in [0.4, 0.5) is 8.78 Å². The molecule has 0 N–H and O–H groups in total. The number of allylic oxidation sites excluding steroid dienone is 1. The second kappa shape index (κ2) is 9.18. The maximum Gasteiger partial charge on any atom is 0.387 e. The molecule has 0 saturated heterocycles. The highest BCUT2D eigenvalue weighted by Crippen LogP contribution is 2.28. The number of benzene rings is 2. The molecule has 0 spiro atoms. The third-order valence-electron chi connectivity index (χ3n) is 3.27. The number of alkyl halides is 2. The van der Waals surface area contributed by atoms with Gasteiger partial charge in [-0.1, -0.05) is 12.1 Å². The van der Waals surface area contributed by atoms with Crippen molar-refractivity contribution in [3.05, 3.63) is 59.7 Å². The predicted molar refractivity (Wildman–Crippen MR) is 90.5 cm³/mol. The van der Waals surface area contributed by atoms with Gasteiger partial charge in [0, 0.05) is 5.56 Å². The number of ether oxygens (including phenoxy) is 3. The number of methoxy groups -OCH3 is 1. The highest BCUT2D eigenvalue weighted by atomic mass is 19.3. The molecule has 2 aromatic carbocycles. The molecule has 26 heavy (non-hydrogen) atoms. The van der Waals surface area contributed by atoms with Crippen molar-refractivity contribution in [2.75, 3.05) is 13.7 Å². The highest BCUT2D eigenvalue weighted by Gasteiger charge is 2.07. The number of hydrogen-bond acceptors (Lipinski definition) is 5. The summed E-state index contributed by atoms with van der Waals surface area (Å²) in [6.07, 6.45) is 2.94. The Balaban J connectivity index is 2.08. The van der Waals surface area contributed by atoms with Gasteiger partial charge in [0.2, 0.25) is 0 Å². The normalized spacial score (nSPS) is 10.6. The monoisotopic (exact) mass is 359 g/mol. The Morgan fingerprint density at radius 3 is 2.54 bits per heavy atom. The first-order chi connectivity index (χ1) is 12.5. The second-order valence-electron chi connectivity index (χ2n) is 4.96. The second-order valence-corrected chi connectivity index (χ2v) is 4.96. The Hall–Kier alpha value is -3.40. The molecule has 0 atom stereocenters. The van der Waals surface area contributed by atoms with Crippen LogP contribution in [0, 0.1) is 11.3 Å². The van der Waals surface area contributed by atoms with Crippen LogP contribution < -0.4 is 14.2 Å². The third kappa shape index (κ3) is 5.31. The summed E-state index contributed by atoms with van der Waals surface area (Å²) >= 11 is 0. The summed E-state index contributed by atoms with van der Waals surface area (Å²) in [5.74, 6) is 0.547. The number of carbonyl (C=O) groups excluding carboxylic acids is 1. The maximum absolute atomic E-state index is 12.1. The van der Waals surface area contributed by atoms with Gasteiger partial charge in [-0.05, 0) is 48.0 Å². The molecule has 134 valence electrons. The lowest BCUT2D eigenvalue weighted by atomic mass is 10.1. The fourth-order valence-electron chi connectivity index (χ4n) is 2.09. The van der Waals surface area contributed by atoms with Crippen molar-refractivity contribution in [3.63, 3.8) is 0 Å². The number of ketones is 1. The lowest BCUT2D eigenvalue weighted by molar-refractivity contribution is -0.0498. The van der Waals surface area contributed by atoms with Crippen LogP contribution in [0.5, 0.6) is 17.2 Å². The summed E-state index contributed by atoms with van der Waals surface area (Å²) in [4.78, 5) is 12.1. The van der Waals surface area contributed by atoms with E-state index in [4.69, 9.17) is 14.7 Å². The molecule has 7 heteroatoms. The van der Waals surface area contributed by atoms with Gasteiger partial charge in [0.1, 0.15) is 11.8 Å². The van der Waals surface area contributed by atoms with E-state index in [1.54, 1.807) is 24.3 Å². The minimum atomic E-state index is -2.91. The number of halogens is 2. The van der Waals surface area contributed by atoms with Crippen molar-refractivity contribution in [2.45, 2.75) is 6.61 Å². The molecule has 0 radical (unpaired) electrons. The van der Waals surface area contributed by atoms with Crippen LogP contribution in [0.15, 0.2) is 48.5 Å². The Kier molecular flexibility index (Phi) is 6.68. The van der Waals surface area contributed by atoms with Gasteiger partial charge in [-0.15, -0.1) is 0 Å². The summed E-state index contributed by atoms with van der Waals surface area (Å²) < 4.78 is 38.9. The molecule has 0 aromatic heterocycles. The summed E-state index contributed by atoms with van der Waals surface area (Å²) in [6.45, 7) is -3.01. The molecular formula is C19H15F2NO4. The zero-order valence-corrected chi connectivity index (χ0v) is 13.8. The predicted octanol–water partition coefficient (Wildman–Crippen LogP) is 4.10. The largest absolute Gasteiger partial charge is 0.493 e. The summed E-state index contributed by atoms with van der Waals surface area (Å²) in [7, 11) is 1.47. The fraction of sp³-hybridized carbons (Fsp3) is 0.158. The number of carbonyl (C=O) groups is 1. The lowest BCUT2D eigenvalue weighted by Gasteiger charge is -2.08. The van der Waals surface area contributed by atoms with Crippen molar-refractivity contribution in [1.29, 1.82) is 5.26 Å². The summed E-state index contributed by atoms with van der Waals surface area (Å²) in [6, 6.07) is 12.3. The van der Waals surface area contributed by atoms with Crippen LogP contribution in [-0.2, 0) is 0 Å². The molecule has 0 bridgehead atoms. The van der Waals surface area contributed by atoms with E-state index in [1.807, 2.05) is 6.07 Å². The molecule has 5 nitrogen and oxygen atoms in total. The summed E-state index contributed by atoms with van der Waals surface area (Å²) in [5.41, 5.74) is 1.03. The Morgan fingerprint density at radius 2 is 1.92 bits per heavy atom. The smallest absolute Gasteiger partial charge is 0.387 e. The molecular weight excluding hydrogens is 344 g/mol. The van der Waals surface area contributed by atoms with Crippen LogP contribution in [0.2, 0.25) is 0 Å². The quantitative estimate of drug-likeness (QED) is 0.524. The van der Waals surface area contributed by atoms with Crippen LogP contribution in [0.25, 0.3) is 6.08 Å². The Bertz CT molecular complexity index is 826. The number of nitriles is 1. The molecule has 0 unspecified atom stereocenters. The highest BCUT2D eigenvalue weighted by molar-refractivity contribution is 6.06. The van der Waals surface area contributed by atoms with Crippen molar-refractivity contribution < 1.29 is 27.8 Å². The van der Waals surface area contributed by atoms with Gasteiger partial charge in [-0.3, -0.25) is 4.79 Å². The summed E-state index contributed by atoms with van der Waals surface area (Å²) in [5, 5.41) is 8.55. The zero-order valence-electron chi connectivity index (χ0n) is 13.8. The van der Waals surface area contributed by atoms with E-state index in [0.29, 0.717) is 22.6 Å². The van der Waals surface area contributed by atoms with E-state index >= 15 is 0 Å². The van der Waals surface area contributed by atoms with Crippen molar-refractivity contribution in [2.24, 2.45) is 0 Å². The van der Waals surface area contributed by atoms with Gasteiger partial charge in [0.15, 0.2) is 23.9 Å². The Labute approximate surface area is 149 Å². The first kappa shape index (κ1) is 18.9. The van der Waals surface area contributed by atoms with E-state index in [2.05, 4.69) is 4.74 Å². The van der Waals surface area contributed by atoms with Crippen LogP contribution in [-0.4, -0.2) is 26.1 Å². The van der Waals surface area contributed by atoms with E-state index in [1.165, 1.54) is 37.5 Å². The molecule has 0 aliphatic heterocycles. The van der Waals surface area contributed by atoms with E-state index < -0.39 is 6.61 Å². The number of rotatable bonds is 8. The first-order valence-electron chi connectivity index (χ1n) is 7.48. The number of nitrogens with zero attached hydrogens (tertiary/aromatic N) is 1. The molecule has 2 rings (SSSR count). The molecule has 0 saturated carbocycles. The van der Waals surface area contributed by atoms with E-state index in [9.17, 15) is 13.6 Å². The van der Waals surface area contributed by atoms with Crippen LogP contribution >= 0.6 is 0 Å². The van der Waals surface area contributed by atoms with Gasteiger partial charge in [0.25, 0.3) is 0 Å². The van der Waals surface area contributed by atoms with Gasteiger partial charge in [-0.2, -0.15) is 14.0 Å². The standard InChI is InChI=1S/C19H15F2NO4/c1-24-18-12-13(3-9-17(18)25-11-10-22)2-8-16(23)14-4-6-15(7-5-14)26-19(20)21/h2-9,12,19H,11H2,1H3.